The molecule has 2 aromatic rings. The third-order valence-corrected chi connectivity index (χ3v) is 3.42. The van der Waals surface area contributed by atoms with Crippen molar-refractivity contribution >= 4 is 28.4 Å². The topological polar surface area (TPSA) is 62.2 Å². The number of aromatic nitrogens is 1. The summed E-state index contributed by atoms with van der Waals surface area (Å²) in [5.41, 5.74) is 0. The Hall–Kier alpha value is -1.59. The molecule has 0 unspecified atom stereocenters. The minimum absolute atomic E-state index is 0.0388. The highest BCUT2D eigenvalue weighted by atomic mass is 32.2. The van der Waals surface area contributed by atoms with Crippen molar-refractivity contribution < 1.29 is 9.90 Å². The van der Waals surface area contributed by atoms with Crippen molar-refractivity contribution in [2.45, 2.75) is 5.03 Å². The average Bonchev–Trinajstić information content (AvgIpc) is 2.42. The molecule has 1 aromatic heterocycles. The van der Waals surface area contributed by atoms with Crippen molar-refractivity contribution in [2.24, 2.45) is 0 Å². The molecule has 0 spiro atoms. The molecule has 5 heteroatoms. The summed E-state index contributed by atoms with van der Waals surface area (Å²) in [6, 6.07) is 9.90. The molecule has 0 saturated carbocycles. The van der Waals surface area contributed by atoms with Gasteiger partial charge in [-0.2, -0.15) is 0 Å². The molecule has 1 amide bonds. The first-order valence-electron chi connectivity index (χ1n) is 5.65. The molecule has 1 aromatic carbocycles. The van der Waals surface area contributed by atoms with Crippen LogP contribution in [-0.4, -0.2) is 34.9 Å². The second-order valence-corrected chi connectivity index (χ2v) is 4.66. The van der Waals surface area contributed by atoms with Crippen LogP contribution in [0.4, 0.5) is 0 Å². The normalized spacial score (nSPS) is 10.5. The predicted molar refractivity (Wildman–Crippen MR) is 72.6 cm³/mol. The molecule has 0 fully saturated rings. The molecule has 0 aliphatic rings. The van der Waals surface area contributed by atoms with Gasteiger partial charge in [-0.25, -0.2) is 4.98 Å². The Bertz CT molecular complexity index is 540. The largest absolute Gasteiger partial charge is 0.395 e. The molecular formula is C13H14N2O2S. The molecule has 2 N–H and O–H groups in total. The van der Waals surface area contributed by atoms with E-state index in [0.717, 1.165) is 15.8 Å². The van der Waals surface area contributed by atoms with Crippen LogP contribution in [0.2, 0.25) is 0 Å². The van der Waals surface area contributed by atoms with Crippen molar-refractivity contribution in [1.29, 1.82) is 0 Å². The summed E-state index contributed by atoms with van der Waals surface area (Å²) in [5, 5.41) is 14.2. The molecule has 2 rings (SSSR count). The van der Waals surface area contributed by atoms with Crippen molar-refractivity contribution in [3.8, 4) is 0 Å². The summed E-state index contributed by atoms with van der Waals surface area (Å²) in [5.74, 6) is 0.213. The van der Waals surface area contributed by atoms with Gasteiger partial charge in [0.1, 0.15) is 5.03 Å². The molecular weight excluding hydrogens is 248 g/mol. The number of amides is 1. The monoisotopic (exact) mass is 262 g/mol. The smallest absolute Gasteiger partial charge is 0.230 e. The lowest BCUT2D eigenvalue weighted by Gasteiger charge is -2.05. The molecule has 18 heavy (non-hydrogen) atoms. The molecule has 94 valence electrons. The second-order valence-electron chi connectivity index (χ2n) is 3.70. The molecule has 0 aliphatic carbocycles. The van der Waals surface area contributed by atoms with Gasteiger partial charge in [-0.1, -0.05) is 36.0 Å². The van der Waals surface area contributed by atoms with Crippen LogP contribution >= 0.6 is 11.8 Å². The van der Waals surface area contributed by atoms with Gasteiger partial charge >= 0.3 is 0 Å². The highest BCUT2D eigenvalue weighted by molar-refractivity contribution is 8.00. The Labute approximate surface area is 109 Å². The van der Waals surface area contributed by atoms with Crippen LogP contribution in [0.15, 0.2) is 41.6 Å². The van der Waals surface area contributed by atoms with Crippen LogP contribution in [0, 0.1) is 0 Å². The fourth-order valence-corrected chi connectivity index (χ4v) is 2.43. The van der Waals surface area contributed by atoms with E-state index >= 15 is 0 Å². The zero-order valence-corrected chi connectivity index (χ0v) is 10.6. The first kappa shape index (κ1) is 12.9. The molecule has 0 bridgehead atoms. The van der Waals surface area contributed by atoms with Crippen molar-refractivity contribution in [1.82, 2.24) is 10.3 Å². The molecule has 0 atom stereocenters. The summed E-state index contributed by atoms with van der Waals surface area (Å²) in [6.07, 6.45) is 1.75. The van der Waals surface area contributed by atoms with E-state index < -0.39 is 0 Å². The quantitative estimate of drug-likeness (QED) is 0.800. The summed E-state index contributed by atoms with van der Waals surface area (Å²) in [6.45, 7) is 0.255. The van der Waals surface area contributed by atoms with Crippen LogP contribution < -0.4 is 5.32 Å². The van der Waals surface area contributed by atoms with Crippen molar-refractivity contribution in [3.05, 3.63) is 36.5 Å². The number of rotatable bonds is 5. The number of carbonyl (C=O) groups excluding carboxylic acids is 1. The Morgan fingerprint density at radius 3 is 3.00 bits per heavy atom. The maximum Gasteiger partial charge on any atom is 0.230 e. The van der Waals surface area contributed by atoms with Crippen molar-refractivity contribution in [2.75, 3.05) is 18.9 Å². The third kappa shape index (κ3) is 3.21. The fourth-order valence-electron chi connectivity index (χ4n) is 1.59. The van der Waals surface area contributed by atoms with Crippen LogP contribution in [0.5, 0.6) is 0 Å². The average molecular weight is 262 g/mol. The number of nitrogens with zero attached hydrogens (tertiary/aromatic N) is 1. The third-order valence-electron chi connectivity index (χ3n) is 2.41. The van der Waals surface area contributed by atoms with Crippen LogP contribution in [0.3, 0.4) is 0 Å². The Morgan fingerprint density at radius 2 is 2.17 bits per heavy atom. The number of carbonyl (C=O) groups is 1. The van der Waals surface area contributed by atoms with E-state index in [2.05, 4.69) is 10.3 Å². The Morgan fingerprint density at radius 1 is 1.33 bits per heavy atom. The number of pyridine rings is 1. The first-order chi connectivity index (χ1) is 8.81. The van der Waals surface area contributed by atoms with Crippen LogP contribution in [0.1, 0.15) is 0 Å². The zero-order chi connectivity index (χ0) is 12.8. The minimum Gasteiger partial charge on any atom is -0.395 e. The number of aliphatic hydroxyl groups excluding tert-OH is 1. The van der Waals surface area contributed by atoms with Gasteiger partial charge in [-0.3, -0.25) is 4.79 Å². The predicted octanol–water partition coefficient (Wildman–Crippen LogP) is 1.44. The highest BCUT2D eigenvalue weighted by Gasteiger charge is 2.06. The number of hydrogen-bond acceptors (Lipinski definition) is 4. The summed E-state index contributed by atoms with van der Waals surface area (Å²) in [4.78, 5) is 15.7. The highest BCUT2D eigenvalue weighted by Crippen LogP contribution is 2.24. The minimum atomic E-state index is -0.0937. The van der Waals surface area contributed by atoms with E-state index in [1.54, 1.807) is 6.20 Å². The summed E-state index contributed by atoms with van der Waals surface area (Å²) in [7, 11) is 0. The summed E-state index contributed by atoms with van der Waals surface area (Å²) < 4.78 is 0. The Balaban J connectivity index is 2.05. The van der Waals surface area contributed by atoms with Gasteiger partial charge in [0.15, 0.2) is 0 Å². The Kier molecular flexibility index (Phi) is 4.55. The molecule has 0 aliphatic heterocycles. The van der Waals surface area contributed by atoms with E-state index in [1.807, 2.05) is 30.3 Å². The lowest BCUT2D eigenvalue weighted by molar-refractivity contribution is -0.118. The van der Waals surface area contributed by atoms with E-state index in [0.29, 0.717) is 12.3 Å². The summed E-state index contributed by atoms with van der Waals surface area (Å²) >= 11 is 1.40. The number of benzene rings is 1. The lowest BCUT2D eigenvalue weighted by Crippen LogP contribution is -2.27. The van der Waals surface area contributed by atoms with Gasteiger partial charge in [0.25, 0.3) is 0 Å². The first-order valence-corrected chi connectivity index (χ1v) is 6.64. The number of fused-ring (bicyclic) bond motifs is 1. The van der Waals surface area contributed by atoms with Gasteiger partial charge in [0, 0.05) is 18.1 Å². The SMILES string of the molecule is O=C(CSc1nccc2ccccc12)NCCO. The number of thioether (sulfide) groups is 1. The van der Waals surface area contributed by atoms with Gasteiger partial charge < -0.3 is 10.4 Å². The molecule has 0 radical (unpaired) electrons. The molecule has 1 heterocycles. The zero-order valence-electron chi connectivity index (χ0n) is 9.80. The van der Waals surface area contributed by atoms with E-state index in [-0.39, 0.29) is 12.5 Å². The number of nitrogens with one attached hydrogen (secondary N) is 1. The van der Waals surface area contributed by atoms with E-state index in [4.69, 9.17) is 5.11 Å². The van der Waals surface area contributed by atoms with Gasteiger partial charge in [-0.05, 0) is 11.5 Å². The van der Waals surface area contributed by atoms with Crippen molar-refractivity contribution in [3.63, 3.8) is 0 Å². The van der Waals surface area contributed by atoms with Gasteiger partial charge in [-0.15, -0.1) is 0 Å². The number of hydrogen-bond donors (Lipinski definition) is 2. The van der Waals surface area contributed by atoms with Crippen LogP contribution in [-0.2, 0) is 4.79 Å². The standard InChI is InChI=1S/C13H14N2O2S/c16-8-7-14-12(17)9-18-13-11-4-2-1-3-10(11)5-6-15-13/h1-6,16H,7-9H2,(H,14,17). The number of aliphatic hydroxyl groups is 1. The van der Waals surface area contributed by atoms with Crippen LogP contribution in [0.25, 0.3) is 10.8 Å². The maximum atomic E-state index is 11.4. The van der Waals surface area contributed by atoms with Gasteiger partial charge in [0.05, 0.1) is 12.4 Å². The van der Waals surface area contributed by atoms with E-state index in [9.17, 15) is 4.79 Å². The fraction of sp³-hybridized carbons (Fsp3) is 0.231. The second kappa shape index (κ2) is 6.37. The maximum absolute atomic E-state index is 11.4. The van der Waals surface area contributed by atoms with E-state index in [1.165, 1.54) is 11.8 Å². The lowest BCUT2D eigenvalue weighted by atomic mass is 10.2. The molecule has 0 saturated heterocycles. The molecule has 4 nitrogen and oxygen atoms in total. The van der Waals surface area contributed by atoms with Gasteiger partial charge in [0.2, 0.25) is 5.91 Å².